The molecule has 2 heterocycles. The van der Waals surface area contributed by atoms with Crippen LogP contribution < -0.4 is 9.47 Å². The monoisotopic (exact) mass is 455 g/mol. The molecule has 3 aromatic carbocycles. The number of ether oxygens (including phenoxy) is 2. The van der Waals surface area contributed by atoms with E-state index in [1.54, 1.807) is 0 Å². The molecule has 0 bridgehead atoms. The lowest BCUT2D eigenvalue weighted by atomic mass is 9.86. The highest BCUT2D eigenvalue weighted by molar-refractivity contribution is 5.95. The zero-order chi connectivity index (χ0) is 33.3. The molecule has 0 aliphatic carbocycles. The van der Waals surface area contributed by atoms with Crippen LogP contribution in [0.5, 0.6) is 23.0 Å². The fraction of sp³-hybridized carbons (Fsp3) is 0.286. The zero-order valence-corrected chi connectivity index (χ0v) is 17.4. The smallest absolute Gasteiger partial charge is 0.150 e. The van der Waals surface area contributed by atoms with E-state index in [0.717, 1.165) is 4.90 Å². The molecular weight excluding hydrogens is 414 g/mol. The summed E-state index contributed by atoms with van der Waals surface area (Å²) < 4.78 is 108. The summed E-state index contributed by atoms with van der Waals surface area (Å²) in [6.07, 6.45) is -5.09. The van der Waals surface area contributed by atoms with Crippen molar-refractivity contribution >= 4 is 11.1 Å². The topological polar surface area (TPSA) is 62.2 Å². The standard InChI is InChI=1S/C28H29NO4/c1-3-14-29-16-24(17-29)32-23-11-6-20(7-12-23)28-27(19-4-8-21(30)9-5-19)18(2)25-13-10-22(31)15-26(25)33-28/h4-13,15,24,28,30-31H,3,14,16-17H2,1-2H3/i1D3,2D3,3D2,11D,12D,14D2. The molecule has 2 aliphatic rings. The van der Waals surface area contributed by atoms with Crippen LogP contribution in [0, 0.1) is 0 Å². The molecule has 1 atom stereocenters. The summed E-state index contributed by atoms with van der Waals surface area (Å²) >= 11 is 0. The fourth-order valence-electron chi connectivity index (χ4n) is 3.90. The molecule has 1 unspecified atom stereocenters. The average molecular weight is 456 g/mol. The van der Waals surface area contributed by atoms with Crippen molar-refractivity contribution in [3.05, 3.63) is 83.4 Å². The van der Waals surface area contributed by atoms with Gasteiger partial charge in [0.15, 0.2) is 0 Å². The summed E-state index contributed by atoms with van der Waals surface area (Å²) in [6.45, 7) is -9.09. The molecule has 0 spiro atoms. The molecule has 1 fully saturated rings. The highest BCUT2D eigenvalue weighted by atomic mass is 16.5. The van der Waals surface area contributed by atoms with E-state index in [1.165, 1.54) is 54.6 Å². The number of aromatic hydroxyl groups is 2. The van der Waals surface area contributed by atoms with Gasteiger partial charge < -0.3 is 19.7 Å². The van der Waals surface area contributed by atoms with Gasteiger partial charge in [0.2, 0.25) is 0 Å². The SMILES string of the molecule is [2H]c1cc(C2Oc3cc(O)ccc3C(C([2H])([2H])[2H])=C2c2ccc(O)cc2)cc([2H])c1OC1CN(C([2H])([2H])C([2H])([2H])C([2H])([2H])[2H])C1. The number of hydrogen-bond acceptors (Lipinski definition) is 5. The van der Waals surface area contributed by atoms with Crippen LogP contribution >= 0.6 is 0 Å². The molecule has 5 heteroatoms. The molecule has 1 saturated heterocycles. The quantitative estimate of drug-likeness (QED) is 0.504. The third kappa shape index (κ3) is 4.29. The van der Waals surface area contributed by atoms with Gasteiger partial charge in [0.25, 0.3) is 0 Å². The second-order valence-corrected chi connectivity index (χ2v) is 7.80. The average Bonchev–Trinajstić information content (AvgIpc) is 2.89. The molecule has 5 nitrogen and oxygen atoms in total. The van der Waals surface area contributed by atoms with E-state index < -0.39 is 38.8 Å². The lowest BCUT2D eigenvalue weighted by molar-refractivity contribution is 0.0202. The van der Waals surface area contributed by atoms with Gasteiger partial charge in [-0.1, -0.05) is 31.1 Å². The van der Waals surface area contributed by atoms with Crippen LogP contribution in [-0.4, -0.2) is 40.8 Å². The van der Waals surface area contributed by atoms with Crippen LogP contribution in [0.1, 0.15) is 59.3 Å². The Bertz CT molecular complexity index is 1620. The Morgan fingerprint density at radius 1 is 1.09 bits per heavy atom. The van der Waals surface area contributed by atoms with Gasteiger partial charge >= 0.3 is 0 Å². The Morgan fingerprint density at radius 2 is 1.85 bits per heavy atom. The van der Waals surface area contributed by atoms with E-state index in [2.05, 4.69) is 0 Å². The van der Waals surface area contributed by atoms with Crippen molar-refractivity contribution in [2.45, 2.75) is 32.3 Å². The maximum atomic E-state index is 10.1. The molecule has 33 heavy (non-hydrogen) atoms. The van der Waals surface area contributed by atoms with E-state index in [-0.39, 0.29) is 70.4 Å². The second kappa shape index (κ2) is 8.83. The Balaban J connectivity index is 1.50. The molecule has 170 valence electrons. The Labute approximate surface area is 211 Å². The minimum absolute atomic E-state index is 0.0473. The fourth-order valence-corrected chi connectivity index (χ4v) is 3.90. The van der Waals surface area contributed by atoms with Gasteiger partial charge in [-0.15, -0.1) is 0 Å². The van der Waals surface area contributed by atoms with Gasteiger partial charge in [-0.3, -0.25) is 4.90 Å². The van der Waals surface area contributed by atoms with Crippen LogP contribution in [-0.2, 0) is 0 Å². The van der Waals surface area contributed by atoms with Crippen LogP contribution in [0.4, 0.5) is 0 Å². The van der Waals surface area contributed by atoms with Crippen LogP contribution in [0.25, 0.3) is 11.1 Å². The summed E-state index contributed by atoms with van der Waals surface area (Å²) in [6, 6.07) is 12.0. The Kier molecular flexibility index (Phi) is 3.11. The van der Waals surface area contributed by atoms with E-state index >= 15 is 0 Å². The maximum absolute atomic E-state index is 10.1. The molecule has 3 aromatic rings. The van der Waals surface area contributed by atoms with Crippen molar-refractivity contribution in [3.63, 3.8) is 0 Å². The van der Waals surface area contributed by atoms with E-state index in [4.69, 9.17) is 25.9 Å². The molecule has 0 amide bonds. The van der Waals surface area contributed by atoms with Crippen molar-refractivity contribution in [2.75, 3.05) is 19.6 Å². The van der Waals surface area contributed by atoms with Crippen molar-refractivity contribution in [1.82, 2.24) is 4.90 Å². The van der Waals surface area contributed by atoms with Gasteiger partial charge in [-0.05, 0) is 72.8 Å². The van der Waals surface area contributed by atoms with Crippen LogP contribution in [0.3, 0.4) is 0 Å². The lowest BCUT2D eigenvalue weighted by Crippen LogP contribution is -2.53. The summed E-state index contributed by atoms with van der Waals surface area (Å²) in [5.74, 6) is -0.299. The van der Waals surface area contributed by atoms with Crippen molar-refractivity contribution < 1.29 is 36.1 Å². The van der Waals surface area contributed by atoms with Gasteiger partial charge in [-0.2, -0.15) is 0 Å². The van der Waals surface area contributed by atoms with E-state index in [1.807, 2.05) is 0 Å². The molecule has 5 rings (SSSR count). The number of nitrogens with zero attached hydrogens (tertiary/aromatic N) is 1. The predicted octanol–water partition coefficient (Wildman–Crippen LogP) is 5.64. The number of hydrogen-bond donors (Lipinski definition) is 2. The first-order chi connectivity index (χ1) is 20.7. The van der Waals surface area contributed by atoms with Crippen LogP contribution in [0.15, 0.2) is 66.7 Å². The lowest BCUT2D eigenvalue weighted by Gasteiger charge is -2.38. The molecule has 0 radical (unpaired) electrons. The normalized spacial score (nSPS) is 25.4. The summed E-state index contributed by atoms with van der Waals surface area (Å²) in [5.41, 5.74) is 0.997. The highest BCUT2D eigenvalue weighted by Gasteiger charge is 2.30. The first-order valence-corrected chi connectivity index (χ1v) is 10.3. The Hall–Kier alpha value is -3.44. The summed E-state index contributed by atoms with van der Waals surface area (Å²) in [5, 5.41) is 20.0. The van der Waals surface area contributed by atoms with Crippen molar-refractivity contribution in [1.29, 1.82) is 0 Å². The molecular formula is C28H29NO4. The van der Waals surface area contributed by atoms with Gasteiger partial charge in [0.1, 0.15) is 35.2 Å². The summed E-state index contributed by atoms with van der Waals surface area (Å²) in [7, 11) is 0. The number of phenolic OH excluding ortho intramolecular Hbond substituents is 2. The van der Waals surface area contributed by atoms with Crippen molar-refractivity contribution in [3.8, 4) is 23.0 Å². The third-order valence-electron chi connectivity index (χ3n) is 5.58. The highest BCUT2D eigenvalue weighted by Crippen LogP contribution is 2.47. The zero-order valence-electron chi connectivity index (χ0n) is 29.4. The summed E-state index contributed by atoms with van der Waals surface area (Å²) in [4.78, 5) is 0.986. The van der Waals surface area contributed by atoms with Crippen molar-refractivity contribution in [2.24, 2.45) is 0 Å². The molecule has 2 aliphatic heterocycles. The number of allylic oxidation sites excluding steroid dienone is 1. The minimum atomic E-state index is -3.21. The molecule has 2 N–H and O–H groups in total. The minimum Gasteiger partial charge on any atom is -0.508 e. The number of rotatable bonds is 6. The third-order valence-corrected chi connectivity index (χ3v) is 5.58. The van der Waals surface area contributed by atoms with Gasteiger partial charge in [0, 0.05) is 44.0 Å². The predicted molar refractivity (Wildman–Crippen MR) is 130 cm³/mol. The largest absolute Gasteiger partial charge is 0.508 e. The van der Waals surface area contributed by atoms with Crippen LogP contribution in [0.2, 0.25) is 0 Å². The van der Waals surface area contributed by atoms with Gasteiger partial charge in [-0.25, -0.2) is 0 Å². The van der Waals surface area contributed by atoms with E-state index in [0.29, 0.717) is 5.56 Å². The molecule has 0 saturated carbocycles. The second-order valence-electron chi connectivity index (χ2n) is 7.80. The first kappa shape index (κ1) is 11.6. The maximum Gasteiger partial charge on any atom is 0.150 e. The number of phenols is 2. The first-order valence-electron chi connectivity index (χ1n) is 16.3. The number of fused-ring (bicyclic) bond motifs is 1. The van der Waals surface area contributed by atoms with Gasteiger partial charge in [0.05, 0.1) is 2.74 Å². The number of benzene rings is 3. The van der Waals surface area contributed by atoms with E-state index in [9.17, 15) is 10.2 Å². The number of likely N-dealkylation sites (tertiary alicyclic amines) is 1. The molecule has 0 aromatic heterocycles. The Morgan fingerprint density at radius 3 is 2.58 bits per heavy atom.